The summed E-state index contributed by atoms with van der Waals surface area (Å²) in [4.78, 5) is 4.91. The van der Waals surface area contributed by atoms with Gasteiger partial charge in [0.15, 0.2) is 11.8 Å². The molecule has 1 aliphatic heterocycles. The van der Waals surface area contributed by atoms with Crippen LogP contribution in [0.1, 0.15) is 19.3 Å². The fraction of sp³-hybridized carbons (Fsp3) is 0.500. The van der Waals surface area contributed by atoms with E-state index in [1.54, 1.807) is 11.7 Å². The van der Waals surface area contributed by atoms with Crippen molar-refractivity contribution in [3.63, 3.8) is 0 Å². The summed E-state index contributed by atoms with van der Waals surface area (Å²) in [6.45, 7) is 5.93. The molecule has 2 N–H and O–H groups in total. The van der Waals surface area contributed by atoms with Crippen molar-refractivity contribution in [3.8, 4) is 17.5 Å². The van der Waals surface area contributed by atoms with Gasteiger partial charge in [0.25, 0.3) is 0 Å². The van der Waals surface area contributed by atoms with Crippen LogP contribution in [0.5, 0.6) is 17.5 Å². The molecule has 0 spiro atoms. The van der Waals surface area contributed by atoms with E-state index in [1.807, 2.05) is 12.1 Å². The second-order valence-electron chi connectivity index (χ2n) is 6.76. The molecule has 0 unspecified atom stereocenters. The normalized spacial score (nSPS) is 15.3. The van der Waals surface area contributed by atoms with Gasteiger partial charge in [-0.05, 0) is 31.5 Å². The molecule has 0 bridgehead atoms. The third kappa shape index (κ3) is 4.43. The summed E-state index contributed by atoms with van der Waals surface area (Å²) < 4.78 is 7.02. The lowest BCUT2D eigenvalue weighted by atomic mass is 10.2. The standard InChI is InChI=1S/C20H29N3O3/c1-26-18-8-4-3-7-17(18)22-15-13-21(14-16-22)11-5-2-6-12-23-19(24)9-10-20(23)25/h3-4,7-10,24-25H,2,5-6,11-16H2,1H3. The Morgan fingerprint density at radius 1 is 0.846 bits per heavy atom. The van der Waals surface area contributed by atoms with E-state index >= 15 is 0 Å². The van der Waals surface area contributed by atoms with E-state index in [0.717, 1.165) is 57.7 Å². The Hall–Kier alpha value is -2.34. The number of para-hydroxylation sites is 2. The van der Waals surface area contributed by atoms with Crippen LogP contribution in [0.3, 0.4) is 0 Å². The molecule has 26 heavy (non-hydrogen) atoms. The number of aromatic nitrogens is 1. The van der Waals surface area contributed by atoms with Gasteiger partial charge in [-0.2, -0.15) is 0 Å². The third-order valence-electron chi connectivity index (χ3n) is 5.09. The van der Waals surface area contributed by atoms with Crippen LogP contribution in [0.4, 0.5) is 5.69 Å². The number of unbranched alkanes of at least 4 members (excludes halogenated alkanes) is 2. The predicted molar refractivity (Wildman–Crippen MR) is 103 cm³/mol. The molecule has 0 saturated carbocycles. The number of anilines is 1. The number of methoxy groups -OCH3 is 1. The molecule has 0 atom stereocenters. The molecule has 6 nitrogen and oxygen atoms in total. The molecule has 1 fully saturated rings. The maximum atomic E-state index is 9.63. The lowest BCUT2D eigenvalue weighted by molar-refractivity contribution is 0.250. The number of rotatable bonds is 8. The van der Waals surface area contributed by atoms with E-state index in [-0.39, 0.29) is 11.8 Å². The molecule has 2 heterocycles. The number of aromatic hydroxyl groups is 2. The molecule has 1 aromatic heterocycles. The number of nitrogens with zero attached hydrogens (tertiary/aromatic N) is 3. The molecule has 1 aliphatic rings. The minimum Gasteiger partial charge on any atom is -0.495 e. The van der Waals surface area contributed by atoms with Crippen LogP contribution >= 0.6 is 0 Å². The highest BCUT2D eigenvalue weighted by molar-refractivity contribution is 5.58. The zero-order valence-corrected chi connectivity index (χ0v) is 15.5. The monoisotopic (exact) mass is 359 g/mol. The molecule has 3 rings (SSSR count). The highest BCUT2D eigenvalue weighted by atomic mass is 16.5. The fourth-order valence-corrected chi connectivity index (χ4v) is 3.56. The van der Waals surface area contributed by atoms with E-state index < -0.39 is 0 Å². The maximum absolute atomic E-state index is 9.63. The van der Waals surface area contributed by atoms with Crippen molar-refractivity contribution in [3.05, 3.63) is 36.4 Å². The number of hydrogen-bond acceptors (Lipinski definition) is 5. The molecule has 2 aromatic rings. The minimum atomic E-state index is 0.134. The molecule has 1 saturated heterocycles. The first kappa shape index (κ1) is 18.5. The Morgan fingerprint density at radius 3 is 2.19 bits per heavy atom. The Balaban J connectivity index is 1.35. The Labute approximate surface area is 155 Å². The average Bonchev–Trinajstić information content (AvgIpc) is 3.00. The van der Waals surface area contributed by atoms with Gasteiger partial charge < -0.3 is 19.8 Å². The van der Waals surface area contributed by atoms with Gasteiger partial charge in [0, 0.05) is 44.9 Å². The first-order valence-electron chi connectivity index (χ1n) is 9.37. The quantitative estimate of drug-likeness (QED) is 0.710. The zero-order valence-electron chi connectivity index (χ0n) is 15.5. The highest BCUT2D eigenvalue weighted by Gasteiger charge is 2.19. The van der Waals surface area contributed by atoms with Crippen molar-refractivity contribution in [2.75, 3.05) is 44.7 Å². The fourth-order valence-electron chi connectivity index (χ4n) is 3.56. The molecule has 142 valence electrons. The first-order valence-corrected chi connectivity index (χ1v) is 9.37. The molecule has 0 aliphatic carbocycles. The highest BCUT2D eigenvalue weighted by Crippen LogP contribution is 2.28. The summed E-state index contributed by atoms with van der Waals surface area (Å²) >= 11 is 0. The number of ether oxygens (including phenoxy) is 1. The summed E-state index contributed by atoms with van der Waals surface area (Å²) in [5.74, 6) is 1.21. The van der Waals surface area contributed by atoms with E-state index in [4.69, 9.17) is 4.74 Å². The van der Waals surface area contributed by atoms with Crippen molar-refractivity contribution in [2.45, 2.75) is 25.8 Å². The Bertz CT molecular complexity index is 674. The summed E-state index contributed by atoms with van der Waals surface area (Å²) in [6, 6.07) is 11.3. The summed E-state index contributed by atoms with van der Waals surface area (Å²) in [5, 5.41) is 19.3. The minimum absolute atomic E-state index is 0.134. The second kappa shape index (κ2) is 8.85. The van der Waals surface area contributed by atoms with Crippen molar-refractivity contribution >= 4 is 5.69 Å². The molecule has 0 amide bonds. The van der Waals surface area contributed by atoms with Crippen molar-refractivity contribution in [1.29, 1.82) is 0 Å². The topological polar surface area (TPSA) is 61.1 Å². The van der Waals surface area contributed by atoms with Gasteiger partial charge in [-0.15, -0.1) is 0 Å². The summed E-state index contributed by atoms with van der Waals surface area (Å²) in [6.07, 6.45) is 3.18. The molecule has 6 heteroatoms. The van der Waals surface area contributed by atoms with Gasteiger partial charge in [0.1, 0.15) is 5.75 Å². The average molecular weight is 359 g/mol. The van der Waals surface area contributed by atoms with Crippen molar-refractivity contribution in [2.24, 2.45) is 0 Å². The summed E-state index contributed by atoms with van der Waals surface area (Å²) in [7, 11) is 1.72. The number of piperazine rings is 1. The van der Waals surface area contributed by atoms with Gasteiger partial charge in [0.2, 0.25) is 0 Å². The lowest BCUT2D eigenvalue weighted by Gasteiger charge is -2.36. The Morgan fingerprint density at radius 2 is 1.50 bits per heavy atom. The number of hydrogen-bond donors (Lipinski definition) is 2. The lowest BCUT2D eigenvalue weighted by Crippen LogP contribution is -2.46. The molecule has 1 aromatic carbocycles. The van der Waals surface area contributed by atoms with Gasteiger partial charge >= 0.3 is 0 Å². The van der Waals surface area contributed by atoms with Crippen molar-refractivity contribution < 1.29 is 14.9 Å². The first-order chi connectivity index (χ1) is 12.7. The van der Waals surface area contributed by atoms with E-state index in [0.29, 0.717) is 6.54 Å². The van der Waals surface area contributed by atoms with Crippen LogP contribution in [-0.2, 0) is 6.54 Å². The van der Waals surface area contributed by atoms with Gasteiger partial charge in [-0.25, -0.2) is 0 Å². The SMILES string of the molecule is COc1ccccc1N1CCN(CCCCCn2c(O)ccc2O)CC1. The van der Waals surface area contributed by atoms with E-state index in [1.165, 1.54) is 17.8 Å². The van der Waals surface area contributed by atoms with E-state index in [9.17, 15) is 10.2 Å². The van der Waals surface area contributed by atoms with Crippen LogP contribution in [0.2, 0.25) is 0 Å². The van der Waals surface area contributed by atoms with Crippen LogP contribution in [0, 0.1) is 0 Å². The molecular formula is C20H29N3O3. The maximum Gasteiger partial charge on any atom is 0.193 e. The van der Waals surface area contributed by atoms with Crippen molar-refractivity contribution in [1.82, 2.24) is 9.47 Å². The van der Waals surface area contributed by atoms with E-state index in [2.05, 4.69) is 21.9 Å². The van der Waals surface area contributed by atoms with Crippen LogP contribution in [-0.4, -0.2) is 59.5 Å². The zero-order chi connectivity index (χ0) is 18.4. The summed E-state index contributed by atoms with van der Waals surface area (Å²) in [5.41, 5.74) is 1.18. The number of benzene rings is 1. The largest absolute Gasteiger partial charge is 0.495 e. The van der Waals surface area contributed by atoms with Gasteiger partial charge in [0.05, 0.1) is 12.8 Å². The Kier molecular flexibility index (Phi) is 6.28. The third-order valence-corrected chi connectivity index (χ3v) is 5.09. The smallest absolute Gasteiger partial charge is 0.193 e. The van der Waals surface area contributed by atoms with Crippen LogP contribution in [0.15, 0.2) is 36.4 Å². The predicted octanol–water partition coefficient (Wildman–Crippen LogP) is 2.90. The van der Waals surface area contributed by atoms with Gasteiger partial charge in [-0.1, -0.05) is 18.6 Å². The molecule has 0 radical (unpaired) electrons. The molecular weight excluding hydrogens is 330 g/mol. The second-order valence-corrected chi connectivity index (χ2v) is 6.76. The van der Waals surface area contributed by atoms with Gasteiger partial charge in [-0.3, -0.25) is 9.47 Å². The van der Waals surface area contributed by atoms with Crippen LogP contribution < -0.4 is 9.64 Å². The van der Waals surface area contributed by atoms with Crippen LogP contribution in [0.25, 0.3) is 0 Å².